The van der Waals surface area contributed by atoms with Gasteiger partial charge in [-0.15, -0.1) is 0 Å². The number of aliphatic hydroxyl groups is 1. The van der Waals surface area contributed by atoms with Crippen LogP contribution in [0.2, 0.25) is 0 Å². The highest BCUT2D eigenvalue weighted by atomic mass is 16.3. The van der Waals surface area contributed by atoms with Crippen LogP contribution in [0.25, 0.3) is 0 Å². The normalized spacial score (nSPS) is 16.0. The molecule has 0 saturated carbocycles. The van der Waals surface area contributed by atoms with Gasteiger partial charge in [-0.2, -0.15) is 0 Å². The van der Waals surface area contributed by atoms with Gasteiger partial charge in [0.2, 0.25) is 0 Å². The largest absolute Gasteiger partial charge is 0.395 e. The first-order valence-corrected chi connectivity index (χ1v) is 4.07. The number of aromatic nitrogens is 1. The summed E-state index contributed by atoms with van der Waals surface area (Å²) in [5.41, 5.74) is 6.37. The van der Waals surface area contributed by atoms with Crippen LogP contribution in [0.3, 0.4) is 0 Å². The second kappa shape index (κ2) is 3.29. The summed E-state index contributed by atoms with van der Waals surface area (Å²) in [6.07, 6.45) is 1.96. The lowest BCUT2D eigenvalue weighted by molar-refractivity contribution is 0.204. The van der Waals surface area contributed by atoms with Crippen LogP contribution in [0, 0.1) is 0 Å². The minimum absolute atomic E-state index is 0.0847. The molecule has 1 rings (SSSR count). The van der Waals surface area contributed by atoms with Crippen LogP contribution in [0.1, 0.15) is 12.6 Å². The van der Waals surface area contributed by atoms with Gasteiger partial charge in [0.05, 0.1) is 6.61 Å². The van der Waals surface area contributed by atoms with E-state index < -0.39 is 0 Å². The maximum Gasteiger partial charge on any atom is 0.0551 e. The maximum atomic E-state index is 9.19. The predicted octanol–water partition coefficient (Wildman–Crippen LogP) is 0.234. The first-order valence-electron chi connectivity index (χ1n) is 4.07. The van der Waals surface area contributed by atoms with Crippen LogP contribution in [-0.4, -0.2) is 22.8 Å². The Hall–Kier alpha value is -0.800. The maximum absolute atomic E-state index is 9.19. The standard InChI is InChI=1S/C9H16N2O/c1-9(6-10,7-12)8-4-3-5-11(8)2/h3-5,12H,6-7,10H2,1-2H3. The van der Waals surface area contributed by atoms with Gasteiger partial charge in [-0.3, -0.25) is 0 Å². The molecule has 0 aliphatic carbocycles. The summed E-state index contributed by atoms with van der Waals surface area (Å²) in [5, 5.41) is 9.19. The van der Waals surface area contributed by atoms with E-state index in [4.69, 9.17) is 5.73 Å². The van der Waals surface area contributed by atoms with Crippen LogP contribution < -0.4 is 5.73 Å². The lowest BCUT2D eigenvalue weighted by Gasteiger charge is -2.26. The van der Waals surface area contributed by atoms with Crippen molar-refractivity contribution in [3.05, 3.63) is 24.0 Å². The molecule has 3 N–H and O–H groups in total. The highest BCUT2D eigenvalue weighted by molar-refractivity contribution is 5.18. The molecule has 1 atom stereocenters. The highest BCUT2D eigenvalue weighted by Crippen LogP contribution is 2.21. The monoisotopic (exact) mass is 168 g/mol. The van der Waals surface area contributed by atoms with Gasteiger partial charge in [-0.25, -0.2) is 0 Å². The third kappa shape index (κ3) is 1.38. The van der Waals surface area contributed by atoms with Crippen molar-refractivity contribution in [2.75, 3.05) is 13.2 Å². The molecule has 3 heteroatoms. The van der Waals surface area contributed by atoms with E-state index >= 15 is 0 Å². The fourth-order valence-corrected chi connectivity index (χ4v) is 1.34. The number of aliphatic hydroxyl groups excluding tert-OH is 1. The average molecular weight is 168 g/mol. The van der Waals surface area contributed by atoms with Crippen LogP contribution in [-0.2, 0) is 12.5 Å². The summed E-state index contributed by atoms with van der Waals surface area (Å²) >= 11 is 0. The lowest BCUT2D eigenvalue weighted by Crippen LogP contribution is -2.37. The molecule has 3 nitrogen and oxygen atoms in total. The molecule has 0 aliphatic heterocycles. The van der Waals surface area contributed by atoms with E-state index in [2.05, 4.69) is 0 Å². The van der Waals surface area contributed by atoms with Crippen molar-refractivity contribution >= 4 is 0 Å². The molecular formula is C9H16N2O. The van der Waals surface area contributed by atoms with Crippen molar-refractivity contribution in [3.63, 3.8) is 0 Å². The Morgan fingerprint density at radius 3 is 2.67 bits per heavy atom. The van der Waals surface area contributed by atoms with E-state index in [1.54, 1.807) is 0 Å². The van der Waals surface area contributed by atoms with E-state index in [0.717, 1.165) is 5.69 Å². The van der Waals surface area contributed by atoms with E-state index in [1.807, 2.05) is 36.9 Å². The number of nitrogens with two attached hydrogens (primary N) is 1. The van der Waals surface area contributed by atoms with Crippen molar-refractivity contribution in [3.8, 4) is 0 Å². The Morgan fingerprint density at radius 1 is 1.67 bits per heavy atom. The van der Waals surface area contributed by atoms with Crippen molar-refractivity contribution in [1.82, 2.24) is 4.57 Å². The minimum Gasteiger partial charge on any atom is -0.395 e. The summed E-state index contributed by atoms with van der Waals surface area (Å²) in [6, 6.07) is 3.95. The molecule has 0 saturated heterocycles. The Labute approximate surface area is 72.8 Å². The van der Waals surface area contributed by atoms with Gasteiger partial charge in [0.15, 0.2) is 0 Å². The van der Waals surface area contributed by atoms with Gasteiger partial charge in [-0.05, 0) is 12.1 Å². The fourth-order valence-electron chi connectivity index (χ4n) is 1.34. The summed E-state index contributed by atoms with van der Waals surface area (Å²) in [5.74, 6) is 0. The quantitative estimate of drug-likeness (QED) is 0.679. The highest BCUT2D eigenvalue weighted by Gasteiger charge is 2.25. The Balaban J connectivity index is 3.02. The van der Waals surface area contributed by atoms with E-state index in [0.29, 0.717) is 6.54 Å². The van der Waals surface area contributed by atoms with Crippen molar-refractivity contribution in [2.45, 2.75) is 12.3 Å². The molecule has 0 aromatic carbocycles. The Bertz CT molecular complexity index is 251. The Morgan fingerprint density at radius 2 is 2.33 bits per heavy atom. The van der Waals surface area contributed by atoms with Gasteiger partial charge in [0.1, 0.15) is 0 Å². The second-order valence-corrected chi connectivity index (χ2v) is 3.43. The summed E-state index contributed by atoms with van der Waals surface area (Å²) in [7, 11) is 1.96. The Kier molecular flexibility index (Phi) is 2.55. The third-order valence-electron chi connectivity index (χ3n) is 2.36. The summed E-state index contributed by atoms with van der Waals surface area (Å²) in [6.45, 7) is 2.50. The molecule has 68 valence electrons. The van der Waals surface area contributed by atoms with Crippen molar-refractivity contribution in [2.24, 2.45) is 12.8 Å². The molecule has 0 aliphatic rings. The SMILES string of the molecule is Cn1cccc1C(C)(CN)CO. The first kappa shape index (κ1) is 9.29. The van der Waals surface area contributed by atoms with Gasteiger partial charge >= 0.3 is 0 Å². The number of hydrogen-bond acceptors (Lipinski definition) is 2. The molecule has 0 radical (unpaired) electrons. The molecule has 0 amide bonds. The number of nitrogens with zero attached hydrogens (tertiary/aromatic N) is 1. The molecule has 0 fully saturated rings. The van der Waals surface area contributed by atoms with E-state index in [-0.39, 0.29) is 12.0 Å². The second-order valence-electron chi connectivity index (χ2n) is 3.43. The molecule has 1 unspecified atom stereocenters. The molecule has 0 bridgehead atoms. The molecule has 0 spiro atoms. The topological polar surface area (TPSA) is 51.2 Å². The van der Waals surface area contributed by atoms with Gasteiger partial charge in [0, 0.05) is 30.9 Å². The van der Waals surface area contributed by atoms with Crippen LogP contribution >= 0.6 is 0 Å². The van der Waals surface area contributed by atoms with Crippen LogP contribution in [0.15, 0.2) is 18.3 Å². The van der Waals surface area contributed by atoms with Crippen molar-refractivity contribution < 1.29 is 5.11 Å². The molecule has 12 heavy (non-hydrogen) atoms. The average Bonchev–Trinajstić information content (AvgIpc) is 2.51. The predicted molar refractivity (Wildman–Crippen MR) is 48.9 cm³/mol. The number of aryl methyl sites for hydroxylation is 1. The minimum atomic E-state index is -0.307. The van der Waals surface area contributed by atoms with Gasteiger partial charge in [-0.1, -0.05) is 6.92 Å². The smallest absolute Gasteiger partial charge is 0.0551 e. The zero-order valence-corrected chi connectivity index (χ0v) is 7.62. The first-order chi connectivity index (χ1) is 5.64. The van der Waals surface area contributed by atoms with Crippen LogP contribution in [0.4, 0.5) is 0 Å². The van der Waals surface area contributed by atoms with Gasteiger partial charge in [0.25, 0.3) is 0 Å². The molecule has 1 aromatic rings. The zero-order chi connectivity index (χ0) is 9.19. The summed E-state index contributed by atoms with van der Waals surface area (Å²) < 4.78 is 1.99. The zero-order valence-electron chi connectivity index (χ0n) is 7.62. The lowest BCUT2D eigenvalue weighted by atomic mass is 9.88. The van der Waals surface area contributed by atoms with Crippen LogP contribution in [0.5, 0.6) is 0 Å². The molecule has 1 aromatic heterocycles. The van der Waals surface area contributed by atoms with E-state index in [1.165, 1.54) is 0 Å². The summed E-state index contributed by atoms with van der Waals surface area (Å²) in [4.78, 5) is 0. The van der Waals surface area contributed by atoms with Gasteiger partial charge < -0.3 is 15.4 Å². The number of rotatable bonds is 3. The van der Waals surface area contributed by atoms with E-state index in [9.17, 15) is 5.11 Å². The van der Waals surface area contributed by atoms with Crippen molar-refractivity contribution in [1.29, 1.82) is 0 Å². The molecule has 1 heterocycles. The third-order valence-corrected chi connectivity index (χ3v) is 2.36. The number of hydrogen-bond donors (Lipinski definition) is 2. The molecular weight excluding hydrogens is 152 g/mol. The fraction of sp³-hybridized carbons (Fsp3) is 0.556.